The van der Waals surface area contributed by atoms with Crippen LogP contribution in [0.5, 0.6) is 5.75 Å². The van der Waals surface area contributed by atoms with Gasteiger partial charge in [0, 0.05) is 12.2 Å². The van der Waals surface area contributed by atoms with Gasteiger partial charge in [-0.3, -0.25) is 9.59 Å². The van der Waals surface area contributed by atoms with Crippen LogP contribution in [0.1, 0.15) is 39.2 Å². The van der Waals surface area contributed by atoms with E-state index in [1.54, 1.807) is 36.4 Å². The molecule has 1 aliphatic heterocycles. The van der Waals surface area contributed by atoms with E-state index in [9.17, 15) is 14.4 Å². The molecule has 0 aliphatic carbocycles. The second-order valence-corrected chi connectivity index (χ2v) is 8.48. The molecule has 7 heteroatoms. The van der Waals surface area contributed by atoms with E-state index in [2.05, 4.69) is 5.32 Å². The minimum Gasteiger partial charge on any atom is -0.494 e. The van der Waals surface area contributed by atoms with Crippen LogP contribution in [0.2, 0.25) is 0 Å². The zero-order chi connectivity index (χ0) is 23.3. The Morgan fingerprint density at radius 2 is 1.84 bits per heavy atom. The molecule has 3 rings (SSSR count). The number of imide groups is 1. The summed E-state index contributed by atoms with van der Waals surface area (Å²) in [5.41, 5.74) is 2.09. The van der Waals surface area contributed by atoms with E-state index in [4.69, 9.17) is 4.74 Å². The summed E-state index contributed by atoms with van der Waals surface area (Å²) in [6.07, 6.45) is 0.812. The van der Waals surface area contributed by atoms with Crippen molar-refractivity contribution in [3.63, 3.8) is 0 Å². The van der Waals surface area contributed by atoms with Crippen molar-refractivity contribution >= 4 is 29.2 Å². The smallest absolute Gasteiger partial charge is 0.332 e. The van der Waals surface area contributed by atoms with Crippen LogP contribution in [-0.4, -0.2) is 41.9 Å². The molecule has 1 N–H and O–H groups in total. The lowest BCUT2D eigenvalue weighted by atomic mass is 10.1. The first kappa shape index (κ1) is 23.3. The number of benzene rings is 2. The van der Waals surface area contributed by atoms with E-state index >= 15 is 0 Å². The fourth-order valence-corrected chi connectivity index (χ4v) is 3.68. The van der Waals surface area contributed by atoms with Crippen LogP contribution < -0.4 is 15.0 Å². The van der Waals surface area contributed by atoms with Crippen molar-refractivity contribution in [3.05, 3.63) is 54.1 Å². The third-order valence-electron chi connectivity index (χ3n) is 5.13. The maximum absolute atomic E-state index is 13.2. The summed E-state index contributed by atoms with van der Waals surface area (Å²) >= 11 is 0. The van der Waals surface area contributed by atoms with Crippen molar-refractivity contribution in [2.75, 3.05) is 23.4 Å². The van der Waals surface area contributed by atoms with Gasteiger partial charge in [-0.05, 0) is 61.2 Å². The molecule has 32 heavy (non-hydrogen) atoms. The van der Waals surface area contributed by atoms with Gasteiger partial charge < -0.3 is 15.0 Å². The van der Waals surface area contributed by atoms with Crippen LogP contribution in [0.4, 0.5) is 16.2 Å². The molecule has 0 unspecified atom stereocenters. The van der Waals surface area contributed by atoms with Gasteiger partial charge in [0.1, 0.15) is 11.8 Å². The molecule has 1 heterocycles. The molecule has 0 aromatic heterocycles. The zero-order valence-electron chi connectivity index (χ0n) is 19.1. The third-order valence-corrected chi connectivity index (χ3v) is 5.13. The summed E-state index contributed by atoms with van der Waals surface area (Å²) in [5.74, 6) is 0.196. The minimum absolute atomic E-state index is 0.103. The topological polar surface area (TPSA) is 79.0 Å². The van der Waals surface area contributed by atoms with E-state index in [0.29, 0.717) is 24.5 Å². The maximum Gasteiger partial charge on any atom is 0.332 e. The highest BCUT2D eigenvalue weighted by Crippen LogP contribution is 2.28. The fraction of sp³-hybridized carbons (Fsp3) is 0.400. The van der Waals surface area contributed by atoms with Crippen LogP contribution in [0.25, 0.3) is 0 Å². The van der Waals surface area contributed by atoms with Crippen LogP contribution in [0.3, 0.4) is 0 Å². The Labute approximate surface area is 189 Å². The van der Waals surface area contributed by atoms with E-state index in [-0.39, 0.29) is 30.2 Å². The molecular weight excluding hydrogens is 406 g/mol. The maximum atomic E-state index is 13.2. The average molecular weight is 438 g/mol. The molecule has 1 fully saturated rings. The summed E-state index contributed by atoms with van der Waals surface area (Å²) in [4.78, 5) is 41.8. The zero-order valence-corrected chi connectivity index (χ0v) is 19.1. The summed E-state index contributed by atoms with van der Waals surface area (Å²) in [6, 6.07) is 13.1. The van der Waals surface area contributed by atoms with Gasteiger partial charge in [-0.1, -0.05) is 32.9 Å². The normalized spacial score (nSPS) is 16.1. The number of amides is 4. The Balaban J connectivity index is 1.74. The van der Waals surface area contributed by atoms with E-state index in [1.165, 1.54) is 9.80 Å². The lowest BCUT2D eigenvalue weighted by molar-refractivity contribution is -0.124. The van der Waals surface area contributed by atoms with Gasteiger partial charge in [0.05, 0.1) is 18.7 Å². The Morgan fingerprint density at radius 1 is 1.12 bits per heavy atom. The number of hydrogen-bond acceptors (Lipinski definition) is 4. The molecule has 0 bridgehead atoms. The standard InChI is InChI=1S/C25H31N3O4/c1-5-13-32-21-11-9-19(10-12-21)26-23(29)15-22-24(30)28(20-8-6-7-18(4)14-20)25(31)27(22)16-17(2)3/h6-12,14,17,22H,5,13,15-16H2,1-4H3,(H,26,29)/t22-/m0/s1. The van der Waals surface area contributed by atoms with Crippen molar-refractivity contribution in [1.82, 2.24) is 4.90 Å². The first-order valence-electron chi connectivity index (χ1n) is 11.0. The quantitative estimate of drug-likeness (QED) is 0.581. The lowest BCUT2D eigenvalue weighted by Crippen LogP contribution is -2.40. The monoisotopic (exact) mass is 437 g/mol. The highest BCUT2D eigenvalue weighted by molar-refractivity contribution is 6.22. The van der Waals surface area contributed by atoms with Crippen LogP contribution in [0, 0.1) is 12.8 Å². The van der Waals surface area contributed by atoms with Gasteiger partial charge in [0.25, 0.3) is 5.91 Å². The van der Waals surface area contributed by atoms with Crippen molar-refractivity contribution in [2.45, 2.75) is 46.6 Å². The molecular formula is C25H31N3O4. The number of ether oxygens (including phenoxy) is 1. The Bertz CT molecular complexity index is 971. The Morgan fingerprint density at radius 3 is 2.47 bits per heavy atom. The first-order valence-corrected chi connectivity index (χ1v) is 11.0. The number of aryl methyl sites for hydroxylation is 1. The molecule has 0 radical (unpaired) electrons. The lowest BCUT2D eigenvalue weighted by Gasteiger charge is -2.23. The highest BCUT2D eigenvalue weighted by atomic mass is 16.5. The van der Waals surface area contributed by atoms with E-state index in [1.807, 2.05) is 39.8 Å². The van der Waals surface area contributed by atoms with Gasteiger partial charge in [0.2, 0.25) is 5.91 Å². The number of nitrogens with one attached hydrogen (secondary N) is 1. The van der Waals surface area contributed by atoms with E-state index < -0.39 is 6.04 Å². The number of carbonyl (C=O) groups excluding carboxylic acids is 3. The predicted octanol–water partition coefficient (Wildman–Crippen LogP) is 4.61. The molecule has 1 saturated heterocycles. The molecule has 2 aromatic carbocycles. The van der Waals surface area contributed by atoms with Crippen molar-refractivity contribution in [1.29, 1.82) is 0 Å². The molecule has 170 valence electrons. The van der Waals surface area contributed by atoms with Crippen molar-refractivity contribution in [3.8, 4) is 5.75 Å². The molecule has 7 nitrogen and oxygen atoms in total. The summed E-state index contributed by atoms with van der Waals surface area (Å²) in [5, 5.41) is 2.82. The Kier molecular flexibility index (Phi) is 7.51. The largest absolute Gasteiger partial charge is 0.494 e. The molecule has 4 amide bonds. The van der Waals surface area contributed by atoms with Gasteiger partial charge in [-0.15, -0.1) is 0 Å². The molecule has 0 spiro atoms. The highest BCUT2D eigenvalue weighted by Gasteiger charge is 2.46. The van der Waals surface area contributed by atoms with E-state index in [0.717, 1.165) is 17.7 Å². The number of nitrogens with zero attached hydrogens (tertiary/aromatic N) is 2. The third kappa shape index (κ3) is 5.46. The predicted molar refractivity (Wildman–Crippen MR) is 125 cm³/mol. The number of urea groups is 1. The first-order chi connectivity index (χ1) is 15.3. The molecule has 1 aliphatic rings. The summed E-state index contributed by atoms with van der Waals surface area (Å²) < 4.78 is 5.55. The SMILES string of the molecule is CCCOc1ccc(NC(=O)C[C@H]2C(=O)N(c3cccc(C)c3)C(=O)N2CC(C)C)cc1. The van der Waals surface area contributed by atoms with Crippen LogP contribution >= 0.6 is 0 Å². The molecule has 1 atom stereocenters. The van der Waals surface area contributed by atoms with Gasteiger partial charge >= 0.3 is 6.03 Å². The Hall–Kier alpha value is -3.35. The molecule has 2 aromatic rings. The van der Waals surface area contributed by atoms with Gasteiger partial charge in [-0.25, -0.2) is 9.69 Å². The average Bonchev–Trinajstić information content (AvgIpc) is 2.96. The number of anilines is 2. The summed E-state index contributed by atoms with van der Waals surface area (Å²) in [7, 11) is 0. The second-order valence-electron chi connectivity index (χ2n) is 8.48. The second kappa shape index (κ2) is 10.3. The van der Waals surface area contributed by atoms with Crippen molar-refractivity contribution in [2.24, 2.45) is 5.92 Å². The minimum atomic E-state index is -0.836. The van der Waals surface area contributed by atoms with Gasteiger partial charge in [0.15, 0.2) is 0 Å². The fourth-order valence-electron chi connectivity index (χ4n) is 3.68. The van der Waals surface area contributed by atoms with Crippen LogP contribution in [0.15, 0.2) is 48.5 Å². The van der Waals surface area contributed by atoms with Crippen molar-refractivity contribution < 1.29 is 19.1 Å². The number of hydrogen-bond donors (Lipinski definition) is 1. The van der Waals surface area contributed by atoms with Crippen LogP contribution in [-0.2, 0) is 9.59 Å². The summed E-state index contributed by atoms with van der Waals surface area (Å²) in [6.45, 7) is 8.93. The number of rotatable bonds is 9. The molecule has 0 saturated carbocycles. The van der Waals surface area contributed by atoms with Gasteiger partial charge in [-0.2, -0.15) is 0 Å². The number of carbonyl (C=O) groups is 3.